The number of hydrogen-bond donors (Lipinski definition) is 0. The first kappa shape index (κ1) is 19.1. The summed E-state index contributed by atoms with van der Waals surface area (Å²) in [4.78, 5) is 33.9. The van der Waals surface area contributed by atoms with E-state index in [-0.39, 0.29) is 11.3 Å². The first-order valence-corrected chi connectivity index (χ1v) is 10.3. The summed E-state index contributed by atoms with van der Waals surface area (Å²) in [6.07, 6.45) is 4.39. The molecule has 0 bridgehead atoms. The number of anilines is 1. The number of fused-ring (bicyclic) bond motifs is 2. The molecule has 3 heterocycles. The molecule has 0 unspecified atom stereocenters. The molecule has 0 saturated carbocycles. The van der Waals surface area contributed by atoms with Crippen LogP contribution in [0.5, 0.6) is 0 Å². The lowest BCUT2D eigenvalue weighted by Crippen LogP contribution is -2.48. The lowest BCUT2D eigenvalue weighted by molar-refractivity contribution is -0.126. The lowest BCUT2D eigenvalue weighted by atomic mass is 10.1. The smallest absolute Gasteiger partial charge is 0.246 e. The van der Waals surface area contributed by atoms with E-state index in [2.05, 4.69) is 11.0 Å². The van der Waals surface area contributed by atoms with E-state index in [4.69, 9.17) is 9.40 Å². The largest absolute Gasteiger partial charge is 0.463 e. The summed E-state index contributed by atoms with van der Waals surface area (Å²) in [5.74, 6) is 0.814. The first-order chi connectivity index (χ1) is 15.2. The van der Waals surface area contributed by atoms with Crippen LogP contribution in [0.4, 0.5) is 5.82 Å². The number of rotatable bonds is 3. The number of piperazine rings is 1. The van der Waals surface area contributed by atoms with Gasteiger partial charge in [0.1, 0.15) is 17.7 Å². The van der Waals surface area contributed by atoms with Crippen LogP contribution >= 0.6 is 0 Å². The normalized spacial score (nSPS) is 14.6. The van der Waals surface area contributed by atoms with E-state index in [1.54, 1.807) is 23.1 Å². The zero-order valence-corrected chi connectivity index (χ0v) is 16.9. The van der Waals surface area contributed by atoms with E-state index in [0.717, 1.165) is 16.7 Å². The number of aromatic nitrogens is 1. The van der Waals surface area contributed by atoms with E-state index < -0.39 is 0 Å². The number of hydrogen-bond acceptors (Lipinski definition) is 5. The van der Waals surface area contributed by atoms with Crippen LogP contribution in [-0.2, 0) is 4.79 Å². The van der Waals surface area contributed by atoms with Gasteiger partial charge in [0.15, 0.2) is 5.43 Å². The summed E-state index contributed by atoms with van der Waals surface area (Å²) >= 11 is 0. The van der Waals surface area contributed by atoms with Crippen LogP contribution < -0.4 is 10.3 Å². The van der Waals surface area contributed by atoms with Gasteiger partial charge in [-0.15, -0.1) is 0 Å². The Morgan fingerprint density at radius 3 is 2.58 bits per heavy atom. The van der Waals surface area contributed by atoms with Crippen LogP contribution in [0.1, 0.15) is 5.56 Å². The zero-order chi connectivity index (χ0) is 21.2. The third-order valence-corrected chi connectivity index (χ3v) is 5.61. The topological polar surface area (TPSA) is 66.7 Å². The molecule has 2 aromatic heterocycles. The van der Waals surface area contributed by atoms with Gasteiger partial charge in [0.05, 0.1) is 16.5 Å². The van der Waals surface area contributed by atoms with Gasteiger partial charge in [0, 0.05) is 37.6 Å². The van der Waals surface area contributed by atoms with Crippen molar-refractivity contribution in [3.63, 3.8) is 0 Å². The van der Waals surface area contributed by atoms with Gasteiger partial charge in [-0.05, 0) is 36.4 Å². The maximum absolute atomic E-state index is 12.6. The van der Waals surface area contributed by atoms with Crippen molar-refractivity contribution in [3.8, 4) is 0 Å². The molecule has 0 radical (unpaired) electrons. The van der Waals surface area contributed by atoms with E-state index >= 15 is 0 Å². The van der Waals surface area contributed by atoms with E-state index in [9.17, 15) is 9.59 Å². The van der Waals surface area contributed by atoms with Gasteiger partial charge in [0.25, 0.3) is 0 Å². The molecular weight excluding hydrogens is 390 g/mol. The Morgan fingerprint density at radius 1 is 0.935 bits per heavy atom. The Bertz CT molecular complexity index is 1350. The van der Waals surface area contributed by atoms with E-state index in [1.807, 2.05) is 36.4 Å². The van der Waals surface area contributed by atoms with Crippen LogP contribution in [0.3, 0.4) is 0 Å². The van der Waals surface area contributed by atoms with Crippen molar-refractivity contribution in [2.24, 2.45) is 0 Å². The van der Waals surface area contributed by atoms with Crippen molar-refractivity contribution in [2.45, 2.75) is 0 Å². The molecular formula is C25H21N3O3. The van der Waals surface area contributed by atoms with Gasteiger partial charge in [-0.2, -0.15) is 0 Å². The summed E-state index contributed by atoms with van der Waals surface area (Å²) in [7, 11) is 0. The highest BCUT2D eigenvalue weighted by molar-refractivity contribution is 5.92. The SMILES string of the molecule is O=C(/C=C/c1coc2ccccc2c1=O)N1CCN(c2ccc3ccccc3n2)CC1. The molecule has 0 atom stereocenters. The Kier molecular flexibility index (Phi) is 4.96. The predicted octanol–water partition coefficient (Wildman–Crippen LogP) is 3.70. The summed E-state index contributed by atoms with van der Waals surface area (Å²) < 4.78 is 5.51. The van der Waals surface area contributed by atoms with Crippen molar-refractivity contribution in [1.29, 1.82) is 0 Å². The Hall–Kier alpha value is -3.93. The number of amides is 1. The second-order valence-electron chi connectivity index (χ2n) is 7.52. The van der Waals surface area contributed by atoms with Crippen molar-refractivity contribution in [1.82, 2.24) is 9.88 Å². The molecule has 6 nitrogen and oxygen atoms in total. The fraction of sp³-hybridized carbons (Fsp3) is 0.160. The minimum Gasteiger partial charge on any atom is -0.463 e. The Labute approximate surface area is 179 Å². The molecule has 0 N–H and O–H groups in total. The number of para-hydroxylation sites is 2. The van der Waals surface area contributed by atoms with Crippen LogP contribution in [-0.4, -0.2) is 42.0 Å². The number of carbonyl (C=O) groups excluding carboxylic acids is 1. The Balaban J connectivity index is 1.25. The number of benzene rings is 2. The van der Waals surface area contributed by atoms with Crippen molar-refractivity contribution >= 4 is 39.7 Å². The molecule has 1 saturated heterocycles. The Morgan fingerprint density at radius 2 is 1.71 bits per heavy atom. The van der Waals surface area contributed by atoms with Crippen molar-refractivity contribution in [2.75, 3.05) is 31.1 Å². The van der Waals surface area contributed by atoms with Crippen molar-refractivity contribution in [3.05, 3.63) is 88.8 Å². The molecule has 1 fully saturated rings. The second kappa shape index (κ2) is 8.07. The zero-order valence-electron chi connectivity index (χ0n) is 16.9. The standard InChI is InChI=1S/C25H21N3O3/c29-24(12-10-19-17-31-22-8-4-2-6-20(22)25(19)30)28-15-13-27(14-16-28)23-11-9-18-5-1-3-7-21(18)26-23/h1-12,17H,13-16H2/b12-10+. The van der Waals surface area contributed by atoms with Gasteiger partial charge in [-0.1, -0.05) is 30.3 Å². The highest BCUT2D eigenvalue weighted by Gasteiger charge is 2.20. The fourth-order valence-corrected chi connectivity index (χ4v) is 3.86. The molecule has 0 spiro atoms. The highest BCUT2D eigenvalue weighted by atomic mass is 16.3. The predicted molar refractivity (Wildman–Crippen MR) is 122 cm³/mol. The number of pyridine rings is 1. The molecule has 1 amide bonds. The van der Waals surface area contributed by atoms with Gasteiger partial charge in [-0.25, -0.2) is 4.98 Å². The summed E-state index contributed by atoms with van der Waals surface area (Å²) in [6, 6.07) is 19.2. The van der Waals surface area contributed by atoms with E-state index in [1.165, 1.54) is 18.4 Å². The summed E-state index contributed by atoms with van der Waals surface area (Å²) in [6.45, 7) is 2.63. The van der Waals surface area contributed by atoms with Gasteiger partial charge in [0.2, 0.25) is 5.91 Å². The molecule has 154 valence electrons. The summed E-state index contributed by atoms with van der Waals surface area (Å²) in [5.41, 5.74) is 1.73. The quantitative estimate of drug-likeness (QED) is 0.481. The molecule has 0 aliphatic carbocycles. The second-order valence-corrected chi connectivity index (χ2v) is 7.52. The molecule has 5 rings (SSSR count). The van der Waals surface area contributed by atoms with Gasteiger partial charge < -0.3 is 14.2 Å². The maximum Gasteiger partial charge on any atom is 0.246 e. The minimum absolute atomic E-state index is 0.112. The molecule has 1 aliphatic rings. The number of carbonyl (C=O) groups is 1. The van der Waals surface area contributed by atoms with Crippen LogP contribution in [0.2, 0.25) is 0 Å². The van der Waals surface area contributed by atoms with E-state index in [0.29, 0.717) is 42.7 Å². The summed E-state index contributed by atoms with van der Waals surface area (Å²) in [5, 5.41) is 1.62. The minimum atomic E-state index is -0.141. The van der Waals surface area contributed by atoms with Crippen LogP contribution in [0.25, 0.3) is 27.9 Å². The van der Waals surface area contributed by atoms with Crippen LogP contribution in [0, 0.1) is 0 Å². The average Bonchev–Trinajstić information content (AvgIpc) is 2.83. The third-order valence-electron chi connectivity index (χ3n) is 5.61. The van der Waals surface area contributed by atoms with Gasteiger partial charge >= 0.3 is 0 Å². The average molecular weight is 411 g/mol. The monoisotopic (exact) mass is 411 g/mol. The number of nitrogens with zero attached hydrogens (tertiary/aromatic N) is 3. The van der Waals surface area contributed by atoms with Crippen molar-refractivity contribution < 1.29 is 9.21 Å². The van der Waals surface area contributed by atoms with Gasteiger partial charge in [-0.3, -0.25) is 9.59 Å². The molecule has 6 heteroatoms. The third kappa shape index (κ3) is 3.80. The lowest BCUT2D eigenvalue weighted by Gasteiger charge is -2.35. The first-order valence-electron chi connectivity index (χ1n) is 10.3. The molecule has 4 aromatic rings. The highest BCUT2D eigenvalue weighted by Crippen LogP contribution is 2.19. The maximum atomic E-state index is 12.6. The molecule has 1 aliphatic heterocycles. The van der Waals surface area contributed by atoms with Crippen LogP contribution in [0.15, 0.2) is 82.2 Å². The molecule has 31 heavy (non-hydrogen) atoms. The fourth-order valence-electron chi connectivity index (χ4n) is 3.86. The molecule has 2 aromatic carbocycles.